The molecule has 144 valence electrons. The number of benzene rings is 2. The van der Waals surface area contributed by atoms with Crippen LogP contribution in [-0.2, 0) is 4.79 Å². The van der Waals surface area contributed by atoms with Gasteiger partial charge in [0.1, 0.15) is 12.1 Å². The Morgan fingerprint density at radius 3 is 2.46 bits per heavy atom. The van der Waals surface area contributed by atoms with Crippen LogP contribution in [0.4, 0.5) is 5.95 Å². The predicted molar refractivity (Wildman–Crippen MR) is 107 cm³/mol. The summed E-state index contributed by atoms with van der Waals surface area (Å²) in [6, 6.07) is 18.1. The average Bonchev–Trinajstić information content (AvgIpc) is 3.23. The fraction of sp³-hybridized carbons (Fsp3) is 0.318. The van der Waals surface area contributed by atoms with E-state index in [4.69, 9.17) is 4.74 Å². The van der Waals surface area contributed by atoms with Crippen LogP contribution in [0.5, 0.6) is 5.75 Å². The van der Waals surface area contributed by atoms with Crippen LogP contribution in [0.25, 0.3) is 0 Å². The minimum Gasteiger partial charge on any atom is -0.497 e. The first-order valence-corrected chi connectivity index (χ1v) is 9.63. The maximum atomic E-state index is 13.0. The summed E-state index contributed by atoms with van der Waals surface area (Å²) in [5.41, 5.74) is 2.23. The Morgan fingerprint density at radius 1 is 1.07 bits per heavy atom. The molecule has 2 aromatic carbocycles. The van der Waals surface area contributed by atoms with Crippen molar-refractivity contribution in [2.75, 3.05) is 12.0 Å². The normalized spacial score (nSPS) is 18.6. The fourth-order valence-electron chi connectivity index (χ4n) is 3.88. The molecule has 0 radical (unpaired) electrons. The molecule has 0 unspecified atom stereocenters. The van der Waals surface area contributed by atoms with Gasteiger partial charge in [0.15, 0.2) is 0 Å². The summed E-state index contributed by atoms with van der Waals surface area (Å²) in [5, 5.41) is 4.45. The van der Waals surface area contributed by atoms with Gasteiger partial charge >= 0.3 is 0 Å². The van der Waals surface area contributed by atoms with Crippen molar-refractivity contribution in [1.82, 2.24) is 14.8 Å². The number of amides is 1. The van der Waals surface area contributed by atoms with E-state index in [0.29, 0.717) is 12.4 Å². The van der Waals surface area contributed by atoms with E-state index in [1.807, 2.05) is 59.0 Å². The molecule has 1 aromatic heterocycles. The van der Waals surface area contributed by atoms with Crippen molar-refractivity contribution in [3.63, 3.8) is 0 Å². The van der Waals surface area contributed by atoms with E-state index >= 15 is 0 Å². The summed E-state index contributed by atoms with van der Waals surface area (Å²) in [6.45, 7) is 2.02. The van der Waals surface area contributed by atoms with Gasteiger partial charge in [-0.1, -0.05) is 49.4 Å². The zero-order valence-corrected chi connectivity index (χ0v) is 16.2. The smallest absolute Gasteiger partial charge is 0.231 e. The zero-order valence-electron chi connectivity index (χ0n) is 16.2. The minimum absolute atomic E-state index is 0.0245. The van der Waals surface area contributed by atoms with Crippen LogP contribution in [0.1, 0.15) is 49.4 Å². The summed E-state index contributed by atoms with van der Waals surface area (Å²) in [5.74, 6) is 1.48. The van der Waals surface area contributed by atoms with Crippen molar-refractivity contribution < 1.29 is 9.53 Å². The van der Waals surface area contributed by atoms with E-state index in [2.05, 4.69) is 22.2 Å². The SMILES string of the molecule is CCCC(=O)N1c2ncnn2[C@@H](c2ccccc2)C[C@@H]1c1ccc(OC)cc1. The molecule has 0 aliphatic carbocycles. The van der Waals surface area contributed by atoms with Gasteiger partial charge in [-0.3, -0.25) is 9.69 Å². The number of ether oxygens (including phenoxy) is 1. The van der Waals surface area contributed by atoms with Gasteiger partial charge in [-0.25, -0.2) is 4.68 Å². The Balaban J connectivity index is 1.80. The van der Waals surface area contributed by atoms with Crippen molar-refractivity contribution >= 4 is 11.9 Å². The van der Waals surface area contributed by atoms with Crippen LogP contribution in [0.15, 0.2) is 60.9 Å². The minimum atomic E-state index is -0.105. The second kappa shape index (κ2) is 7.84. The van der Waals surface area contributed by atoms with E-state index in [-0.39, 0.29) is 18.0 Å². The lowest BCUT2D eigenvalue weighted by atomic mass is 9.91. The number of aromatic nitrogens is 3. The number of fused-ring (bicyclic) bond motifs is 1. The molecular weight excluding hydrogens is 352 g/mol. The van der Waals surface area contributed by atoms with Gasteiger partial charge in [-0.2, -0.15) is 10.1 Å². The number of carbonyl (C=O) groups is 1. The highest BCUT2D eigenvalue weighted by Crippen LogP contribution is 2.42. The molecule has 6 heteroatoms. The molecule has 0 N–H and O–H groups in total. The lowest BCUT2D eigenvalue weighted by Gasteiger charge is -2.39. The number of anilines is 1. The van der Waals surface area contributed by atoms with E-state index < -0.39 is 0 Å². The van der Waals surface area contributed by atoms with Gasteiger partial charge in [0.2, 0.25) is 11.9 Å². The Kier molecular flexibility index (Phi) is 5.10. The van der Waals surface area contributed by atoms with Crippen molar-refractivity contribution in [3.8, 4) is 5.75 Å². The van der Waals surface area contributed by atoms with Crippen LogP contribution in [-0.4, -0.2) is 27.8 Å². The van der Waals surface area contributed by atoms with E-state index in [0.717, 1.165) is 29.7 Å². The van der Waals surface area contributed by atoms with Gasteiger partial charge < -0.3 is 4.74 Å². The topological polar surface area (TPSA) is 60.2 Å². The largest absolute Gasteiger partial charge is 0.497 e. The van der Waals surface area contributed by atoms with Crippen molar-refractivity contribution in [2.45, 2.75) is 38.3 Å². The number of hydrogen-bond acceptors (Lipinski definition) is 4. The van der Waals surface area contributed by atoms with E-state index in [1.54, 1.807) is 7.11 Å². The Morgan fingerprint density at radius 2 is 1.79 bits per heavy atom. The zero-order chi connectivity index (χ0) is 19.5. The molecule has 0 spiro atoms. The molecule has 1 amide bonds. The standard InChI is InChI=1S/C22H24N4O2/c1-3-7-21(27)25-19(17-10-12-18(28-2)13-11-17)14-20(16-8-5-4-6-9-16)26-22(25)23-15-24-26/h4-6,8-13,15,19-20H,3,7,14H2,1-2H3/t19-,20-/m1/s1. The van der Waals surface area contributed by atoms with Gasteiger partial charge in [0.25, 0.3) is 0 Å². The number of carbonyl (C=O) groups excluding carboxylic acids is 1. The second-order valence-corrected chi connectivity index (χ2v) is 6.97. The number of methoxy groups -OCH3 is 1. The third-order valence-corrected chi connectivity index (χ3v) is 5.24. The molecule has 0 bridgehead atoms. The molecule has 1 aliphatic heterocycles. The quantitative estimate of drug-likeness (QED) is 0.671. The predicted octanol–water partition coefficient (Wildman–Crippen LogP) is 4.15. The molecule has 0 saturated heterocycles. The summed E-state index contributed by atoms with van der Waals surface area (Å²) >= 11 is 0. The van der Waals surface area contributed by atoms with Crippen molar-refractivity contribution in [1.29, 1.82) is 0 Å². The third kappa shape index (κ3) is 3.26. The Bertz CT molecular complexity index is 937. The van der Waals surface area contributed by atoms with Gasteiger partial charge in [-0.05, 0) is 36.1 Å². The lowest BCUT2D eigenvalue weighted by Crippen LogP contribution is -2.42. The number of rotatable bonds is 5. The molecule has 0 saturated carbocycles. The van der Waals surface area contributed by atoms with Gasteiger partial charge in [0, 0.05) is 6.42 Å². The monoisotopic (exact) mass is 376 g/mol. The van der Waals surface area contributed by atoms with Crippen LogP contribution < -0.4 is 9.64 Å². The molecule has 0 fully saturated rings. The van der Waals surface area contributed by atoms with Crippen molar-refractivity contribution in [3.05, 3.63) is 72.1 Å². The first-order valence-electron chi connectivity index (χ1n) is 9.63. The van der Waals surface area contributed by atoms with E-state index in [9.17, 15) is 4.79 Å². The summed E-state index contributed by atoms with van der Waals surface area (Å²) in [6.07, 6.45) is 3.55. The van der Waals surface area contributed by atoms with E-state index in [1.165, 1.54) is 6.33 Å². The highest BCUT2D eigenvalue weighted by molar-refractivity contribution is 5.92. The summed E-state index contributed by atoms with van der Waals surface area (Å²) in [7, 11) is 1.65. The molecule has 3 aromatic rings. The van der Waals surface area contributed by atoms with Crippen LogP contribution in [0.2, 0.25) is 0 Å². The summed E-state index contributed by atoms with van der Waals surface area (Å²) in [4.78, 5) is 19.3. The number of nitrogens with zero attached hydrogens (tertiary/aromatic N) is 4. The van der Waals surface area contributed by atoms with Crippen LogP contribution in [0.3, 0.4) is 0 Å². The highest BCUT2D eigenvalue weighted by atomic mass is 16.5. The highest BCUT2D eigenvalue weighted by Gasteiger charge is 2.38. The molecule has 28 heavy (non-hydrogen) atoms. The fourth-order valence-corrected chi connectivity index (χ4v) is 3.88. The molecule has 6 nitrogen and oxygen atoms in total. The Labute approximate surface area is 164 Å². The van der Waals surface area contributed by atoms with Gasteiger partial charge in [0.05, 0.1) is 19.2 Å². The second-order valence-electron chi connectivity index (χ2n) is 6.97. The first-order chi connectivity index (χ1) is 13.7. The molecule has 4 rings (SSSR count). The van der Waals surface area contributed by atoms with Crippen LogP contribution >= 0.6 is 0 Å². The maximum Gasteiger partial charge on any atom is 0.231 e. The maximum absolute atomic E-state index is 13.0. The molecular formula is C22H24N4O2. The van der Waals surface area contributed by atoms with Crippen molar-refractivity contribution in [2.24, 2.45) is 0 Å². The Hall–Kier alpha value is -3.15. The van der Waals surface area contributed by atoms with Crippen LogP contribution in [0, 0.1) is 0 Å². The molecule has 2 atom stereocenters. The third-order valence-electron chi connectivity index (χ3n) is 5.24. The first kappa shape index (κ1) is 18.2. The molecule has 2 heterocycles. The summed E-state index contributed by atoms with van der Waals surface area (Å²) < 4.78 is 7.17. The average molecular weight is 376 g/mol. The lowest BCUT2D eigenvalue weighted by molar-refractivity contribution is -0.119. The number of hydrogen-bond donors (Lipinski definition) is 0. The van der Waals surface area contributed by atoms with Gasteiger partial charge in [-0.15, -0.1) is 0 Å². The molecule has 1 aliphatic rings.